The van der Waals surface area contributed by atoms with Crippen molar-refractivity contribution in [1.29, 1.82) is 0 Å². The molecule has 2 aliphatic heterocycles. The lowest BCUT2D eigenvalue weighted by Crippen LogP contribution is -2.43. The minimum absolute atomic E-state index is 0.280. The van der Waals surface area contributed by atoms with Crippen LogP contribution in [0.3, 0.4) is 0 Å². The highest BCUT2D eigenvalue weighted by Gasteiger charge is 2.27. The molecule has 0 aromatic heterocycles. The summed E-state index contributed by atoms with van der Waals surface area (Å²) in [6.07, 6.45) is 6.54. The first-order valence-corrected chi connectivity index (χ1v) is 6.86. The van der Waals surface area contributed by atoms with Crippen LogP contribution >= 0.6 is 0 Å². The first kappa shape index (κ1) is 12.6. The molecule has 0 atom stereocenters. The molecule has 0 unspecified atom stereocenters. The Kier molecular flexibility index (Phi) is 4.21. The molecule has 0 aromatic rings. The summed E-state index contributed by atoms with van der Waals surface area (Å²) in [5, 5.41) is 0. The molecule has 3 nitrogen and oxygen atoms in total. The molecule has 2 aliphatic rings. The minimum Gasteiger partial charge on any atom is -0.338 e. The van der Waals surface area contributed by atoms with Crippen molar-refractivity contribution >= 4 is 5.91 Å². The van der Waals surface area contributed by atoms with Crippen molar-refractivity contribution < 1.29 is 4.79 Å². The number of amides is 1. The van der Waals surface area contributed by atoms with Crippen molar-refractivity contribution in [1.82, 2.24) is 9.80 Å². The highest BCUT2D eigenvalue weighted by Crippen LogP contribution is 2.21. The largest absolute Gasteiger partial charge is 0.338 e. The summed E-state index contributed by atoms with van der Waals surface area (Å²) in [5.74, 6) is 0.673. The van der Waals surface area contributed by atoms with Gasteiger partial charge in [0, 0.05) is 19.0 Å². The van der Waals surface area contributed by atoms with Crippen LogP contribution in [0.1, 0.15) is 32.6 Å². The highest BCUT2D eigenvalue weighted by atomic mass is 16.2. The number of piperidine rings is 1. The molecule has 17 heavy (non-hydrogen) atoms. The van der Waals surface area contributed by atoms with Gasteiger partial charge in [0.2, 0.25) is 5.91 Å². The van der Waals surface area contributed by atoms with Gasteiger partial charge in [0.25, 0.3) is 0 Å². The van der Waals surface area contributed by atoms with Gasteiger partial charge in [-0.1, -0.05) is 18.6 Å². The maximum absolute atomic E-state index is 12.3. The Morgan fingerprint density at radius 2 is 2.06 bits per heavy atom. The summed E-state index contributed by atoms with van der Waals surface area (Å²) in [7, 11) is 2.14. The van der Waals surface area contributed by atoms with Crippen LogP contribution in [-0.4, -0.2) is 48.9 Å². The molecule has 0 aromatic carbocycles. The molecule has 1 fully saturated rings. The third-order valence-corrected chi connectivity index (χ3v) is 4.14. The molecular formula is C14H24N2O. The van der Waals surface area contributed by atoms with E-state index in [0.29, 0.717) is 5.91 Å². The molecule has 1 amide bonds. The maximum atomic E-state index is 12.3. The zero-order valence-electron chi connectivity index (χ0n) is 11.1. The van der Waals surface area contributed by atoms with Gasteiger partial charge in [-0.05, 0) is 45.8 Å². The summed E-state index contributed by atoms with van der Waals surface area (Å²) >= 11 is 0. The van der Waals surface area contributed by atoms with E-state index in [1.807, 2.05) is 0 Å². The predicted octanol–water partition coefficient (Wildman–Crippen LogP) is 1.90. The Bertz CT molecular complexity index is 303. The maximum Gasteiger partial charge on any atom is 0.226 e. The van der Waals surface area contributed by atoms with E-state index in [-0.39, 0.29) is 5.92 Å². The minimum atomic E-state index is 0.280. The van der Waals surface area contributed by atoms with Crippen molar-refractivity contribution in [2.45, 2.75) is 32.6 Å². The van der Waals surface area contributed by atoms with Gasteiger partial charge in [-0.3, -0.25) is 4.79 Å². The number of likely N-dealkylation sites (tertiary alicyclic amines) is 1. The molecule has 0 saturated carbocycles. The standard InChI is InChI=1S/C14H24N2O/c1-3-12-4-10-16(11-5-12)14(17)13-6-8-15(2)9-7-13/h4,13H,3,5-11H2,1-2H3. The lowest BCUT2D eigenvalue weighted by Gasteiger charge is -2.33. The van der Waals surface area contributed by atoms with Crippen LogP contribution in [0.25, 0.3) is 0 Å². The number of rotatable bonds is 2. The van der Waals surface area contributed by atoms with E-state index in [1.54, 1.807) is 0 Å². The highest BCUT2D eigenvalue weighted by molar-refractivity contribution is 5.79. The number of hydrogen-bond donors (Lipinski definition) is 0. The average molecular weight is 236 g/mol. The first-order valence-electron chi connectivity index (χ1n) is 6.86. The number of carbonyl (C=O) groups excluding carboxylic acids is 1. The lowest BCUT2D eigenvalue weighted by molar-refractivity contribution is -0.136. The molecule has 0 radical (unpaired) electrons. The van der Waals surface area contributed by atoms with Crippen LogP contribution in [0, 0.1) is 5.92 Å². The van der Waals surface area contributed by atoms with Gasteiger partial charge in [-0.15, -0.1) is 0 Å². The van der Waals surface area contributed by atoms with E-state index in [1.165, 1.54) is 5.57 Å². The molecule has 2 rings (SSSR count). The SMILES string of the molecule is CCC1=CCN(C(=O)C2CCN(C)CC2)CC1. The fraction of sp³-hybridized carbons (Fsp3) is 0.786. The molecular weight excluding hydrogens is 212 g/mol. The fourth-order valence-corrected chi connectivity index (χ4v) is 2.75. The predicted molar refractivity (Wildman–Crippen MR) is 69.8 cm³/mol. The summed E-state index contributed by atoms with van der Waals surface area (Å²) in [6, 6.07) is 0. The van der Waals surface area contributed by atoms with E-state index in [9.17, 15) is 4.79 Å². The summed E-state index contributed by atoms with van der Waals surface area (Å²) in [6.45, 7) is 6.11. The van der Waals surface area contributed by atoms with Crippen LogP contribution in [0.2, 0.25) is 0 Å². The number of hydrogen-bond acceptors (Lipinski definition) is 2. The molecule has 3 heteroatoms. The first-order chi connectivity index (χ1) is 8.20. The third kappa shape index (κ3) is 3.09. The van der Waals surface area contributed by atoms with E-state index < -0.39 is 0 Å². The number of carbonyl (C=O) groups is 1. The Morgan fingerprint density at radius 3 is 2.59 bits per heavy atom. The van der Waals surface area contributed by atoms with Gasteiger partial charge in [-0.2, -0.15) is 0 Å². The monoisotopic (exact) mass is 236 g/mol. The fourth-order valence-electron chi connectivity index (χ4n) is 2.75. The molecule has 0 aliphatic carbocycles. The van der Waals surface area contributed by atoms with Crippen LogP contribution in [0.15, 0.2) is 11.6 Å². The molecule has 0 N–H and O–H groups in total. The summed E-state index contributed by atoms with van der Waals surface area (Å²) < 4.78 is 0. The van der Waals surface area contributed by atoms with Gasteiger partial charge in [0.05, 0.1) is 0 Å². The van der Waals surface area contributed by atoms with Gasteiger partial charge in [-0.25, -0.2) is 0 Å². The quantitative estimate of drug-likeness (QED) is 0.684. The summed E-state index contributed by atoms with van der Waals surface area (Å²) in [4.78, 5) is 16.7. The topological polar surface area (TPSA) is 23.6 Å². The van der Waals surface area contributed by atoms with Gasteiger partial charge >= 0.3 is 0 Å². The van der Waals surface area contributed by atoms with Gasteiger partial charge in [0.15, 0.2) is 0 Å². The van der Waals surface area contributed by atoms with Crippen molar-refractivity contribution in [3.8, 4) is 0 Å². The van der Waals surface area contributed by atoms with Crippen molar-refractivity contribution in [3.05, 3.63) is 11.6 Å². The van der Waals surface area contributed by atoms with Crippen LogP contribution in [-0.2, 0) is 4.79 Å². The Balaban J connectivity index is 1.86. The van der Waals surface area contributed by atoms with Crippen molar-refractivity contribution in [2.75, 3.05) is 33.2 Å². The van der Waals surface area contributed by atoms with Gasteiger partial charge in [0.1, 0.15) is 0 Å². The van der Waals surface area contributed by atoms with Crippen LogP contribution in [0.4, 0.5) is 0 Å². The second-order valence-electron chi connectivity index (χ2n) is 5.33. The van der Waals surface area contributed by atoms with Gasteiger partial charge < -0.3 is 9.80 Å². The second-order valence-corrected chi connectivity index (χ2v) is 5.33. The van der Waals surface area contributed by atoms with Crippen molar-refractivity contribution in [2.24, 2.45) is 5.92 Å². The average Bonchev–Trinajstić information content (AvgIpc) is 2.39. The summed E-state index contributed by atoms with van der Waals surface area (Å²) in [5.41, 5.74) is 1.51. The molecule has 1 saturated heterocycles. The van der Waals surface area contributed by atoms with E-state index in [2.05, 4.69) is 29.8 Å². The van der Waals surface area contributed by atoms with E-state index >= 15 is 0 Å². The molecule has 2 heterocycles. The lowest BCUT2D eigenvalue weighted by atomic mass is 9.94. The smallest absolute Gasteiger partial charge is 0.226 e. The Labute approximate surface area is 104 Å². The zero-order valence-corrected chi connectivity index (χ0v) is 11.1. The third-order valence-electron chi connectivity index (χ3n) is 4.14. The Hall–Kier alpha value is -0.830. The van der Waals surface area contributed by atoms with Crippen LogP contribution in [0.5, 0.6) is 0 Å². The second kappa shape index (κ2) is 5.67. The Morgan fingerprint density at radius 1 is 1.35 bits per heavy atom. The van der Waals surface area contributed by atoms with Crippen LogP contribution < -0.4 is 0 Å². The molecule has 0 bridgehead atoms. The number of nitrogens with zero attached hydrogens (tertiary/aromatic N) is 2. The van der Waals surface area contributed by atoms with Crippen molar-refractivity contribution in [3.63, 3.8) is 0 Å². The van der Waals surface area contributed by atoms with E-state index in [0.717, 1.165) is 51.9 Å². The molecule has 96 valence electrons. The zero-order chi connectivity index (χ0) is 12.3. The molecule has 0 spiro atoms. The van der Waals surface area contributed by atoms with E-state index in [4.69, 9.17) is 0 Å². The normalized spacial score (nSPS) is 23.6.